The van der Waals surface area contributed by atoms with Crippen molar-refractivity contribution in [3.05, 3.63) is 59.1 Å². The number of rotatable bonds is 5. The number of carbonyl (C=O) groups excluding carboxylic acids is 1. The van der Waals surface area contributed by atoms with Crippen molar-refractivity contribution >= 4 is 35.0 Å². The molecular formula is C16H16ClNO2S. The van der Waals surface area contributed by atoms with Gasteiger partial charge in [-0.2, -0.15) is 0 Å². The lowest BCUT2D eigenvalue weighted by atomic mass is 10.2. The number of carbonyl (C=O) groups is 1. The number of hydrogen-bond acceptors (Lipinski definition) is 3. The minimum absolute atomic E-state index is 0.101. The van der Waals surface area contributed by atoms with Gasteiger partial charge in [0, 0.05) is 21.2 Å². The van der Waals surface area contributed by atoms with Gasteiger partial charge in [0.25, 0.3) is 0 Å². The number of para-hydroxylation sites is 1. The van der Waals surface area contributed by atoms with Crippen molar-refractivity contribution in [1.29, 1.82) is 0 Å². The van der Waals surface area contributed by atoms with Gasteiger partial charge in [-0.05, 0) is 37.3 Å². The number of halogens is 1. The Hall–Kier alpha value is -1.49. The molecule has 1 atom stereocenters. The topological polar surface area (TPSA) is 49.3 Å². The fourth-order valence-corrected chi connectivity index (χ4v) is 2.78. The summed E-state index contributed by atoms with van der Waals surface area (Å²) >= 11 is 7.30. The van der Waals surface area contributed by atoms with E-state index >= 15 is 0 Å². The smallest absolute Gasteiger partial charge is 0.237 e. The van der Waals surface area contributed by atoms with E-state index in [1.54, 1.807) is 24.3 Å². The van der Waals surface area contributed by atoms with Crippen molar-refractivity contribution in [2.24, 2.45) is 0 Å². The third-order valence-electron chi connectivity index (χ3n) is 2.94. The SMILES string of the molecule is CC(Sc1ccc(Cl)cc1)C(=O)Nc1ccccc1CO. The third-order valence-corrected chi connectivity index (χ3v) is 4.31. The van der Waals surface area contributed by atoms with Gasteiger partial charge in [0.05, 0.1) is 11.9 Å². The van der Waals surface area contributed by atoms with Crippen LogP contribution in [0.25, 0.3) is 0 Å². The lowest BCUT2D eigenvalue weighted by Crippen LogP contribution is -2.23. The first-order valence-electron chi connectivity index (χ1n) is 6.52. The fraction of sp³-hybridized carbons (Fsp3) is 0.188. The minimum Gasteiger partial charge on any atom is -0.392 e. The predicted molar refractivity (Wildman–Crippen MR) is 87.8 cm³/mol. The number of benzene rings is 2. The quantitative estimate of drug-likeness (QED) is 0.820. The van der Waals surface area contributed by atoms with Gasteiger partial charge in [-0.15, -0.1) is 11.8 Å². The molecule has 1 amide bonds. The molecule has 0 radical (unpaired) electrons. The monoisotopic (exact) mass is 321 g/mol. The van der Waals surface area contributed by atoms with Gasteiger partial charge in [0.2, 0.25) is 5.91 Å². The zero-order valence-corrected chi connectivity index (χ0v) is 13.1. The number of aliphatic hydroxyl groups excluding tert-OH is 1. The fourth-order valence-electron chi connectivity index (χ4n) is 1.79. The summed E-state index contributed by atoms with van der Waals surface area (Å²) in [6, 6.07) is 14.6. The van der Waals surface area contributed by atoms with Crippen LogP contribution in [-0.4, -0.2) is 16.3 Å². The first-order chi connectivity index (χ1) is 10.1. The Labute approximate surface area is 133 Å². The molecule has 2 rings (SSSR count). The zero-order chi connectivity index (χ0) is 15.2. The Bertz CT molecular complexity index is 616. The molecule has 3 nitrogen and oxygen atoms in total. The maximum atomic E-state index is 12.2. The molecule has 5 heteroatoms. The van der Waals surface area contributed by atoms with Gasteiger partial charge in [0.15, 0.2) is 0 Å². The molecule has 0 aromatic heterocycles. The second kappa shape index (κ2) is 7.50. The maximum Gasteiger partial charge on any atom is 0.237 e. The number of thioether (sulfide) groups is 1. The molecule has 0 aliphatic carbocycles. The van der Waals surface area contributed by atoms with Crippen molar-refractivity contribution in [3.8, 4) is 0 Å². The lowest BCUT2D eigenvalue weighted by Gasteiger charge is -2.14. The highest BCUT2D eigenvalue weighted by atomic mass is 35.5. The second-order valence-corrected chi connectivity index (χ2v) is 6.37. The van der Waals surface area contributed by atoms with E-state index in [2.05, 4.69) is 5.32 Å². The van der Waals surface area contributed by atoms with Crippen LogP contribution in [0.15, 0.2) is 53.4 Å². The molecule has 2 aromatic rings. The molecule has 21 heavy (non-hydrogen) atoms. The molecular weight excluding hydrogens is 306 g/mol. The highest BCUT2D eigenvalue weighted by molar-refractivity contribution is 8.00. The highest BCUT2D eigenvalue weighted by Gasteiger charge is 2.15. The van der Waals surface area contributed by atoms with Crippen molar-refractivity contribution in [3.63, 3.8) is 0 Å². The van der Waals surface area contributed by atoms with Gasteiger partial charge >= 0.3 is 0 Å². The summed E-state index contributed by atoms with van der Waals surface area (Å²) in [6.07, 6.45) is 0. The van der Waals surface area contributed by atoms with Crippen LogP contribution in [0.5, 0.6) is 0 Å². The average molecular weight is 322 g/mol. The summed E-state index contributed by atoms with van der Waals surface area (Å²) in [4.78, 5) is 13.2. The highest BCUT2D eigenvalue weighted by Crippen LogP contribution is 2.26. The molecule has 1 unspecified atom stereocenters. The van der Waals surface area contributed by atoms with Crippen LogP contribution in [0.1, 0.15) is 12.5 Å². The van der Waals surface area contributed by atoms with E-state index in [9.17, 15) is 9.90 Å². The number of anilines is 1. The van der Waals surface area contributed by atoms with Gasteiger partial charge in [-0.1, -0.05) is 29.8 Å². The lowest BCUT2D eigenvalue weighted by molar-refractivity contribution is -0.115. The summed E-state index contributed by atoms with van der Waals surface area (Å²) in [6.45, 7) is 1.74. The van der Waals surface area contributed by atoms with Crippen molar-refractivity contribution < 1.29 is 9.90 Å². The van der Waals surface area contributed by atoms with Gasteiger partial charge in [0.1, 0.15) is 0 Å². The van der Waals surface area contributed by atoms with Gasteiger partial charge in [-0.3, -0.25) is 4.79 Å². The first kappa shape index (κ1) is 15.9. The Balaban J connectivity index is 2.01. The largest absolute Gasteiger partial charge is 0.392 e. The van der Waals surface area contributed by atoms with Crippen molar-refractivity contribution in [2.75, 3.05) is 5.32 Å². The van der Waals surface area contributed by atoms with Crippen LogP contribution in [-0.2, 0) is 11.4 Å². The summed E-state index contributed by atoms with van der Waals surface area (Å²) < 4.78 is 0. The molecule has 0 saturated heterocycles. The number of nitrogens with one attached hydrogen (secondary N) is 1. The second-order valence-electron chi connectivity index (χ2n) is 4.52. The molecule has 0 fully saturated rings. The van der Waals surface area contributed by atoms with E-state index in [0.717, 1.165) is 4.90 Å². The molecule has 2 N–H and O–H groups in total. The van der Waals surface area contributed by atoms with Gasteiger partial charge in [-0.25, -0.2) is 0 Å². The summed E-state index contributed by atoms with van der Waals surface area (Å²) in [5, 5.41) is 12.5. The van der Waals surface area contributed by atoms with E-state index in [1.165, 1.54) is 11.8 Å². The van der Waals surface area contributed by atoms with Crippen molar-refractivity contribution in [2.45, 2.75) is 23.7 Å². The molecule has 110 valence electrons. The zero-order valence-electron chi connectivity index (χ0n) is 11.5. The number of aliphatic hydroxyl groups is 1. The first-order valence-corrected chi connectivity index (χ1v) is 7.78. The molecule has 0 bridgehead atoms. The molecule has 2 aromatic carbocycles. The Morgan fingerprint density at radius 1 is 1.24 bits per heavy atom. The number of amides is 1. The third kappa shape index (κ3) is 4.49. The van der Waals surface area contributed by atoms with E-state index in [4.69, 9.17) is 11.6 Å². The average Bonchev–Trinajstić information content (AvgIpc) is 2.50. The van der Waals surface area contributed by atoms with Crippen LogP contribution in [0.2, 0.25) is 5.02 Å². The van der Waals surface area contributed by atoms with Crippen LogP contribution in [0, 0.1) is 0 Å². The van der Waals surface area contributed by atoms with Gasteiger partial charge < -0.3 is 10.4 Å². The summed E-state index contributed by atoms with van der Waals surface area (Å²) in [5.74, 6) is -0.101. The standard InChI is InChI=1S/C16H16ClNO2S/c1-11(21-14-8-6-13(17)7-9-14)16(20)18-15-5-3-2-4-12(15)10-19/h2-9,11,19H,10H2,1H3,(H,18,20). The summed E-state index contributed by atoms with van der Waals surface area (Å²) in [5.41, 5.74) is 1.35. The minimum atomic E-state index is -0.252. The van der Waals surface area contributed by atoms with Crippen LogP contribution >= 0.6 is 23.4 Å². The van der Waals surface area contributed by atoms with E-state index in [-0.39, 0.29) is 17.8 Å². The molecule has 0 aliphatic rings. The maximum absolute atomic E-state index is 12.2. The normalized spacial score (nSPS) is 12.0. The van der Waals surface area contributed by atoms with E-state index in [0.29, 0.717) is 16.3 Å². The predicted octanol–water partition coefficient (Wildman–Crippen LogP) is 3.95. The van der Waals surface area contributed by atoms with E-state index < -0.39 is 0 Å². The molecule has 0 aliphatic heterocycles. The van der Waals surface area contributed by atoms with Crippen molar-refractivity contribution in [1.82, 2.24) is 0 Å². The van der Waals surface area contributed by atoms with E-state index in [1.807, 2.05) is 31.2 Å². The molecule has 0 heterocycles. The van der Waals surface area contributed by atoms with Crippen LogP contribution in [0.3, 0.4) is 0 Å². The Morgan fingerprint density at radius 2 is 1.90 bits per heavy atom. The summed E-state index contributed by atoms with van der Waals surface area (Å²) in [7, 11) is 0. The van der Waals surface area contributed by atoms with Crippen LogP contribution in [0.4, 0.5) is 5.69 Å². The number of hydrogen-bond donors (Lipinski definition) is 2. The Morgan fingerprint density at radius 3 is 2.57 bits per heavy atom. The molecule has 0 saturated carbocycles. The Kier molecular flexibility index (Phi) is 5.67. The van der Waals surface area contributed by atoms with Crippen LogP contribution < -0.4 is 5.32 Å². The molecule has 0 spiro atoms.